The van der Waals surface area contributed by atoms with Crippen molar-refractivity contribution in [1.29, 1.82) is 0 Å². The molecule has 1 aliphatic carbocycles. The highest BCUT2D eigenvalue weighted by Crippen LogP contribution is 2.32. The van der Waals surface area contributed by atoms with E-state index in [-0.39, 0.29) is 18.1 Å². The van der Waals surface area contributed by atoms with Gasteiger partial charge in [0.25, 0.3) is 0 Å². The van der Waals surface area contributed by atoms with Gasteiger partial charge >= 0.3 is 0 Å². The van der Waals surface area contributed by atoms with Gasteiger partial charge in [-0.1, -0.05) is 25.0 Å². The van der Waals surface area contributed by atoms with Crippen LogP contribution in [0.25, 0.3) is 0 Å². The molecule has 0 spiro atoms. The molecule has 0 unspecified atom stereocenters. The minimum absolute atomic E-state index is 0.0991. The molecule has 0 bridgehead atoms. The second kappa shape index (κ2) is 7.58. The fraction of sp³-hybridized carbons (Fsp3) is 0.588. The van der Waals surface area contributed by atoms with E-state index in [4.69, 9.17) is 0 Å². The topological polar surface area (TPSA) is 52.6 Å². The number of anilines is 1. The van der Waals surface area contributed by atoms with E-state index in [1.165, 1.54) is 6.07 Å². The van der Waals surface area contributed by atoms with Crippen LogP contribution < -0.4 is 10.2 Å². The molecule has 0 aliphatic heterocycles. The Kier molecular flexibility index (Phi) is 5.77. The number of aliphatic hydroxyl groups is 1. The molecule has 4 nitrogen and oxygen atoms in total. The summed E-state index contributed by atoms with van der Waals surface area (Å²) in [7, 11) is 1.83. The van der Waals surface area contributed by atoms with E-state index in [1.807, 2.05) is 11.9 Å². The Morgan fingerprint density at radius 2 is 2.05 bits per heavy atom. The summed E-state index contributed by atoms with van der Waals surface area (Å²) in [6.45, 7) is 1.19. The number of hydrogen-bond acceptors (Lipinski definition) is 3. The maximum absolute atomic E-state index is 13.6. The van der Waals surface area contributed by atoms with Crippen molar-refractivity contribution in [2.75, 3.05) is 25.0 Å². The van der Waals surface area contributed by atoms with Gasteiger partial charge in [-0.3, -0.25) is 4.79 Å². The maximum Gasteiger partial charge on any atom is 0.222 e. The van der Waals surface area contributed by atoms with Crippen LogP contribution in [-0.4, -0.2) is 36.8 Å². The lowest BCUT2D eigenvalue weighted by Crippen LogP contribution is -2.35. The summed E-state index contributed by atoms with van der Waals surface area (Å²) in [5.41, 5.74) is -0.234. The molecule has 122 valence electrons. The largest absolute Gasteiger partial charge is 0.389 e. The van der Waals surface area contributed by atoms with Crippen LogP contribution in [0.3, 0.4) is 0 Å². The molecule has 1 saturated carbocycles. The molecule has 22 heavy (non-hydrogen) atoms. The number of nitrogens with one attached hydrogen (secondary N) is 1. The van der Waals surface area contributed by atoms with E-state index >= 15 is 0 Å². The molecule has 5 heteroatoms. The van der Waals surface area contributed by atoms with Gasteiger partial charge in [-0.05, 0) is 31.4 Å². The predicted octanol–water partition coefficient (Wildman–Crippen LogP) is 2.46. The van der Waals surface area contributed by atoms with E-state index in [2.05, 4.69) is 5.32 Å². The number of carbonyl (C=O) groups excluding carboxylic acids is 1. The van der Waals surface area contributed by atoms with Crippen LogP contribution >= 0.6 is 0 Å². The fourth-order valence-electron chi connectivity index (χ4n) is 3.00. The first-order chi connectivity index (χ1) is 10.5. The van der Waals surface area contributed by atoms with Gasteiger partial charge in [0.2, 0.25) is 5.91 Å². The quantitative estimate of drug-likeness (QED) is 0.761. The first kappa shape index (κ1) is 16.7. The zero-order valence-electron chi connectivity index (χ0n) is 13.1. The van der Waals surface area contributed by atoms with Crippen molar-refractivity contribution in [3.63, 3.8) is 0 Å². The summed E-state index contributed by atoms with van der Waals surface area (Å²) in [5, 5.41) is 13.0. The first-order valence-electron chi connectivity index (χ1n) is 7.95. The SMILES string of the molecule is CN(CCCNC(=O)CC1(O)CCCC1)c1ccccc1F. The van der Waals surface area contributed by atoms with Crippen LogP contribution in [0.4, 0.5) is 10.1 Å². The van der Waals surface area contributed by atoms with Crippen molar-refractivity contribution < 1.29 is 14.3 Å². The molecule has 1 aliphatic rings. The number of carbonyl (C=O) groups is 1. The van der Waals surface area contributed by atoms with E-state index in [0.717, 1.165) is 32.1 Å². The molecule has 0 radical (unpaired) electrons. The van der Waals surface area contributed by atoms with E-state index in [0.29, 0.717) is 18.8 Å². The van der Waals surface area contributed by atoms with E-state index in [1.54, 1.807) is 18.2 Å². The normalized spacial score (nSPS) is 16.5. The summed E-state index contributed by atoms with van der Waals surface area (Å²) < 4.78 is 13.6. The van der Waals surface area contributed by atoms with Crippen molar-refractivity contribution in [3.8, 4) is 0 Å². The van der Waals surface area contributed by atoms with Gasteiger partial charge in [-0.25, -0.2) is 4.39 Å². The lowest BCUT2D eigenvalue weighted by molar-refractivity contribution is -0.125. The molecule has 0 saturated heterocycles. The second-order valence-electron chi connectivity index (χ2n) is 6.18. The van der Waals surface area contributed by atoms with Crippen LogP contribution in [0.2, 0.25) is 0 Å². The molecule has 0 heterocycles. The fourth-order valence-corrected chi connectivity index (χ4v) is 3.00. The molecule has 2 rings (SSSR count). The zero-order valence-corrected chi connectivity index (χ0v) is 13.1. The molecular weight excluding hydrogens is 283 g/mol. The van der Waals surface area contributed by atoms with Crippen molar-refractivity contribution in [2.24, 2.45) is 0 Å². The summed E-state index contributed by atoms with van der Waals surface area (Å²) in [6.07, 6.45) is 4.35. The predicted molar refractivity (Wildman–Crippen MR) is 85.3 cm³/mol. The highest BCUT2D eigenvalue weighted by Gasteiger charge is 2.33. The lowest BCUT2D eigenvalue weighted by atomic mass is 9.98. The third-order valence-electron chi connectivity index (χ3n) is 4.28. The van der Waals surface area contributed by atoms with Gasteiger partial charge in [0, 0.05) is 20.1 Å². The maximum atomic E-state index is 13.6. The minimum Gasteiger partial charge on any atom is -0.389 e. The highest BCUT2D eigenvalue weighted by atomic mass is 19.1. The molecular formula is C17H25FN2O2. The summed E-state index contributed by atoms with van der Waals surface area (Å²) >= 11 is 0. The Hall–Kier alpha value is -1.62. The number of para-hydroxylation sites is 1. The van der Waals surface area contributed by atoms with Gasteiger partial charge < -0.3 is 15.3 Å². The van der Waals surface area contributed by atoms with Gasteiger partial charge in [-0.15, -0.1) is 0 Å². The molecule has 0 atom stereocenters. The molecule has 0 aromatic heterocycles. The highest BCUT2D eigenvalue weighted by molar-refractivity contribution is 5.77. The summed E-state index contributed by atoms with van der Waals surface area (Å²) in [4.78, 5) is 13.7. The average Bonchev–Trinajstić information content (AvgIpc) is 2.90. The smallest absolute Gasteiger partial charge is 0.222 e. The monoisotopic (exact) mass is 308 g/mol. The Balaban J connectivity index is 1.66. The number of nitrogens with zero attached hydrogens (tertiary/aromatic N) is 1. The number of hydrogen-bond donors (Lipinski definition) is 2. The first-order valence-corrected chi connectivity index (χ1v) is 7.95. The third kappa shape index (κ3) is 4.70. The standard InChI is InChI=1S/C17H25FN2O2/c1-20(15-8-3-2-7-14(15)18)12-6-11-19-16(21)13-17(22)9-4-5-10-17/h2-3,7-8,22H,4-6,9-13H2,1H3,(H,19,21). The van der Waals surface area contributed by atoms with Crippen molar-refractivity contribution in [1.82, 2.24) is 5.32 Å². The molecule has 1 amide bonds. The van der Waals surface area contributed by atoms with Gasteiger partial charge in [-0.2, -0.15) is 0 Å². The van der Waals surface area contributed by atoms with Crippen LogP contribution in [0.1, 0.15) is 38.5 Å². The van der Waals surface area contributed by atoms with Crippen LogP contribution in [0.15, 0.2) is 24.3 Å². The van der Waals surface area contributed by atoms with Gasteiger partial charge in [0.15, 0.2) is 0 Å². The molecule has 1 aromatic rings. The average molecular weight is 308 g/mol. The number of amides is 1. The Morgan fingerprint density at radius 1 is 1.36 bits per heavy atom. The number of halogens is 1. The van der Waals surface area contributed by atoms with Gasteiger partial charge in [0.05, 0.1) is 17.7 Å². The minimum atomic E-state index is -0.798. The molecule has 1 aromatic carbocycles. The zero-order chi connectivity index (χ0) is 16.0. The van der Waals surface area contributed by atoms with Crippen LogP contribution in [0.5, 0.6) is 0 Å². The van der Waals surface area contributed by atoms with Crippen LogP contribution in [0, 0.1) is 5.82 Å². The molecule has 2 N–H and O–H groups in total. The lowest BCUT2D eigenvalue weighted by Gasteiger charge is -2.22. The third-order valence-corrected chi connectivity index (χ3v) is 4.28. The van der Waals surface area contributed by atoms with Crippen molar-refractivity contribution in [3.05, 3.63) is 30.1 Å². The van der Waals surface area contributed by atoms with E-state index in [9.17, 15) is 14.3 Å². The van der Waals surface area contributed by atoms with Gasteiger partial charge in [0.1, 0.15) is 5.82 Å². The Morgan fingerprint density at radius 3 is 2.73 bits per heavy atom. The Bertz CT molecular complexity index is 501. The molecule has 1 fully saturated rings. The van der Waals surface area contributed by atoms with Crippen LogP contribution in [-0.2, 0) is 4.79 Å². The van der Waals surface area contributed by atoms with E-state index < -0.39 is 5.60 Å². The number of benzene rings is 1. The summed E-state index contributed by atoms with van der Waals surface area (Å²) in [5.74, 6) is -0.338. The summed E-state index contributed by atoms with van der Waals surface area (Å²) in [6, 6.07) is 6.65. The number of rotatable bonds is 7. The van der Waals surface area contributed by atoms with Crippen molar-refractivity contribution >= 4 is 11.6 Å². The second-order valence-corrected chi connectivity index (χ2v) is 6.18. The Labute approximate surface area is 131 Å². The van der Waals surface area contributed by atoms with Crippen molar-refractivity contribution in [2.45, 2.75) is 44.1 Å².